The van der Waals surface area contributed by atoms with E-state index in [9.17, 15) is 9.59 Å². The number of benzene rings is 2. The number of hydrogen-bond donors (Lipinski definition) is 1. The third-order valence-corrected chi connectivity index (χ3v) is 7.50. The van der Waals surface area contributed by atoms with Gasteiger partial charge in [-0.1, -0.05) is 36.8 Å². The first-order valence-corrected chi connectivity index (χ1v) is 12.5. The number of aryl methyl sites for hydroxylation is 1. The molecule has 0 saturated carbocycles. The maximum Gasteiger partial charge on any atom is 0.196 e. The number of allylic oxidation sites excluding steroid dienone is 1. The van der Waals surface area contributed by atoms with Crippen LogP contribution in [0.25, 0.3) is 0 Å². The first kappa shape index (κ1) is 22.0. The Kier molecular flexibility index (Phi) is 5.41. The van der Waals surface area contributed by atoms with E-state index in [0.29, 0.717) is 57.7 Å². The normalized spacial score (nSPS) is 23.4. The summed E-state index contributed by atoms with van der Waals surface area (Å²) in [6, 6.07) is 13.5. The molecular weight excluding hydrogens is 438 g/mol. The van der Waals surface area contributed by atoms with E-state index in [0.717, 1.165) is 18.7 Å². The standard InChI is InChI=1S/C29H29N3O3/c1-17-10-11-23-21(15-17)31-27-24(35-23)16-22(30-12-14-32-13-6-5-7-18(32)2)25-26(27)29(34)20-9-4-3-8-19(20)28(25)33/h3-4,8-11,15-16,18,24,30H,5-7,12-14H2,1-2H3/t18-,24?/m1/s1. The number of fused-ring (bicyclic) bond motifs is 4. The van der Waals surface area contributed by atoms with Crippen molar-refractivity contribution in [2.75, 3.05) is 19.6 Å². The Morgan fingerprint density at radius 1 is 1.06 bits per heavy atom. The number of carbonyl (C=O) groups is 2. The second kappa shape index (κ2) is 8.61. The van der Waals surface area contributed by atoms with E-state index in [1.165, 1.54) is 19.3 Å². The van der Waals surface area contributed by atoms with Crippen molar-refractivity contribution in [1.29, 1.82) is 0 Å². The molecule has 6 nitrogen and oxygen atoms in total. The maximum atomic E-state index is 13.7. The molecular formula is C29H29N3O3. The van der Waals surface area contributed by atoms with Crippen molar-refractivity contribution >= 4 is 23.0 Å². The summed E-state index contributed by atoms with van der Waals surface area (Å²) in [6.45, 7) is 6.94. The van der Waals surface area contributed by atoms with E-state index in [1.807, 2.05) is 31.2 Å². The molecule has 6 rings (SSSR count). The average molecular weight is 468 g/mol. The molecule has 178 valence electrons. The van der Waals surface area contributed by atoms with Crippen molar-refractivity contribution in [3.8, 4) is 5.75 Å². The van der Waals surface area contributed by atoms with Crippen molar-refractivity contribution in [3.05, 3.63) is 82.1 Å². The van der Waals surface area contributed by atoms with Crippen molar-refractivity contribution in [2.24, 2.45) is 4.99 Å². The largest absolute Gasteiger partial charge is 0.478 e. The van der Waals surface area contributed by atoms with Gasteiger partial charge in [-0.3, -0.25) is 14.5 Å². The highest BCUT2D eigenvalue weighted by Crippen LogP contribution is 2.41. The summed E-state index contributed by atoms with van der Waals surface area (Å²) in [5.74, 6) is 0.369. The van der Waals surface area contributed by atoms with E-state index < -0.39 is 6.10 Å². The van der Waals surface area contributed by atoms with Gasteiger partial charge in [-0.05, 0) is 57.0 Å². The molecule has 0 aromatic heterocycles. The van der Waals surface area contributed by atoms with Crippen LogP contribution in [0, 0.1) is 6.92 Å². The minimum absolute atomic E-state index is 0.142. The molecule has 2 atom stereocenters. The minimum Gasteiger partial charge on any atom is -0.478 e. The second-order valence-corrected chi connectivity index (χ2v) is 9.85. The van der Waals surface area contributed by atoms with Crippen LogP contribution in [0.15, 0.2) is 70.4 Å². The van der Waals surface area contributed by atoms with E-state index in [-0.39, 0.29) is 11.6 Å². The number of piperidine rings is 1. The van der Waals surface area contributed by atoms with Gasteiger partial charge in [0.25, 0.3) is 0 Å². The van der Waals surface area contributed by atoms with Gasteiger partial charge in [0.1, 0.15) is 11.4 Å². The van der Waals surface area contributed by atoms with Crippen LogP contribution in [0.1, 0.15) is 52.5 Å². The summed E-state index contributed by atoms with van der Waals surface area (Å²) in [7, 11) is 0. The molecule has 0 bridgehead atoms. The topological polar surface area (TPSA) is 71.0 Å². The molecule has 1 unspecified atom stereocenters. The summed E-state index contributed by atoms with van der Waals surface area (Å²) in [6.07, 6.45) is 5.11. The van der Waals surface area contributed by atoms with Crippen molar-refractivity contribution in [3.63, 3.8) is 0 Å². The van der Waals surface area contributed by atoms with Gasteiger partial charge in [0.2, 0.25) is 0 Å². The third kappa shape index (κ3) is 3.73. The highest BCUT2D eigenvalue weighted by molar-refractivity contribution is 6.40. The van der Waals surface area contributed by atoms with Gasteiger partial charge >= 0.3 is 0 Å². The van der Waals surface area contributed by atoms with Crippen LogP contribution >= 0.6 is 0 Å². The molecule has 2 aliphatic carbocycles. The Labute approximate surface area is 205 Å². The maximum absolute atomic E-state index is 13.7. The predicted octanol–water partition coefficient (Wildman–Crippen LogP) is 4.57. The van der Waals surface area contributed by atoms with Gasteiger partial charge in [0.05, 0.1) is 16.9 Å². The highest BCUT2D eigenvalue weighted by atomic mass is 16.5. The van der Waals surface area contributed by atoms with Gasteiger partial charge < -0.3 is 10.1 Å². The smallest absolute Gasteiger partial charge is 0.196 e. The fraction of sp³-hybridized carbons (Fsp3) is 0.345. The molecule has 0 spiro atoms. The Morgan fingerprint density at radius 2 is 1.83 bits per heavy atom. The third-order valence-electron chi connectivity index (χ3n) is 7.50. The van der Waals surface area contributed by atoms with E-state index in [2.05, 4.69) is 17.1 Å². The molecule has 6 heteroatoms. The monoisotopic (exact) mass is 467 g/mol. The molecule has 35 heavy (non-hydrogen) atoms. The molecule has 2 aromatic carbocycles. The van der Waals surface area contributed by atoms with Crippen LogP contribution in [-0.4, -0.2) is 54.0 Å². The quantitative estimate of drug-likeness (QED) is 0.714. The number of ketones is 2. The molecule has 1 saturated heterocycles. The first-order valence-electron chi connectivity index (χ1n) is 12.5. The lowest BCUT2D eigenvalue weighted by Crippen LogP contribution is -2.44. The van der Waals surface area contributed by atoms with E-state index >= 15 is 0 Å². The van der Waals surface area contributed by atoms with Crippen LogP contribution < -0.4 is 10.1 Å². The number of nitrogens with zero attached hydrogens (tertiary/aromatic N) is 2. The van der Waals surface area contributed by atoms with Crippen LogP contribution in [0.5, 0.6) is 5.75 Å². The fourth-order valence-corrected chi connectivity index (χ4v) is 5.59. The molecule has 4 aliphatic rings. The predicted molar refractivity (Wildman–Crippen MR) is 136 cm³/mol. The zero-order chi connectivity index (χ0) is 24.1. The number of aliphatic imine (C=N–C) groups is 1. The summed E-state index contributed by atoms with van der Waals surface area (Å²) in [5, 5.41) is 3.49. The van der Waals surface area contributed by atoms with E-state index in [1.54, 1.807) is 24.3 Å². The van der Waals surface area contributed by atoms with Crippen molar-refractivity contribution < 1.29 is 14.3 Å². The summed E-state index contributed by atoms with van der Waals surface area (Å²) >= 11 is 0. The molecule has 0 radical (unpaired) electrons. The molecule has 2 heterocycles. The molecule has 2 aliphatic heterocycles. The van der Waals surface area contributed by atoms with Crippen LogP contribution in [0.2, 0.25) is 0 Å². The van der Waals surface area contributed by atoms with Gasteiger partial charge in [-0.15, -0.1) is 0 Å². The molecule has 2 aromatic rings. The Bertz CT molecular complexity index is 1340. The fourth-order valence-electron chi connectivity index (χ4n) is 5.59. The van der Waals surface area contributed by atoms with Crippen LogP contribution in [-0.2, 0) is 0 Å². The average Bonchev–Trinajstić information content (AvgIpc) is 2.86. The van der Waals surface area contributed by atoms with E-state index in [4.69, 9.17) is 9.73 Å². The van der Waals surface area contributed by atoms with Gasteiger partial charge in [0, 0.05) is 36.0 Å². The number of nitrogens with one attached hydrogen (secondary N) is 1. The zero-order valence-corrected chi connectivity index (χ0v) is 20.1. The number of rotatable bonds is 4. The van der Waals surface area contributed by atoms with Crippen molar-refractivity contribution in [1.82, 2.24) is 10.2 Å². The van der Waals surface area contributed by atoms with Crippen molar-refractivity contribution in [2.45, 2.75) is 45.3 Å². The molecule has 1 N–H and O–H groups in total. The lowest BCUT2D eigenvalue weighted by molar-refractivity contribution is 0.0978. The van der Waals surface area contributed by atoms with Crippen LogP contribution in [0.4, 0.5) is 5.69 Å². The lowest BCUT2D eigenvalue weighted by atomic mass is 9.76. The summed E-state index contributed by atoms with van der Waals surface area (Å²) in [5.41, 5.74) is 4.57. The van der Waals surface area contributed by atoms with Gasteiger partial charge in [-0.2, -0.15) is 0 Å². The Balaban J connectivity index is 1.39. The number of Topliss-reactive ketones (excluding diaryl/α,β-unsaturated/α-hetero) is 2. The number of hydrogen-bond acceptors (Lipinski definition) is 6. The van der Waals surface area contributed by atoms with Gasteiger partial charge in [0.15, 0.2) is 17.7 Å². The number of carbonyl (C=O) groups excluding carboxylic acids is 2. The summed E-state index contributed by atoms with van der Waals surface area (Å²) < 4.78 is 6.30. The molecule has 0 amide bonds. The van der Waals surface area contributed by atoms with Crippen LogP contribution in [0.3, 0.4) is 0 Å². The first-order chi connectivity index (χ1) is 17.0. The lowest BCUT2D eigenvalue weighted by Gasteiger charge is -2.35. The SMILES string of the molecule is Cc1ccc2c(c1)N=C1C3=C(C(=O)c4ccccc4C3=O)C(NCCN3CCCC[C@H]3C)=CC1O2. The zero-order valence-electron chi connectivity index (χ0n) is 20.1. The number of ether oxygens (including phenoxy) is 1. The Hall–Kier alpha value is -3.51. The van der Waals surface area contributed by atoms with Gasteiger partial charge in [-0.25, -0.2) is 4.99 Å². The summed E-state index contributed by atoms with van der Waals surface area (Å²) in [4.78, 5) is 34.8. The second-order valence-electron chi connectivity index (χ2n) is 9.85. The highest BCUT2D eigenvalue weighted by Gasteiger charge is 2.43. The Morgan fingerprint density at radius 3 is 2.60 bits per heavy atom. The number of likely N-dealkylation sites (tertiary alicyclic amines) is 1. The molecule has 1 fully saturated rings. The minimum atomic E-state index is -0.526.